The van der Waals surface area contributed by atoms with Crippen LogP contribution in [0.1, 0.15) is 43.2 Å². The lowest BCUT2D eigenvalue weighted by atomic mass is 10.0. The van der Waals surface area contributed by atoms with Crippen LogP contribution >= 0.6 is 0 Å². The topological polar surface area (TPSA) is 70.1 Å². The second-order valence-corrected chi connectivity index (χ2v) is 8.97. The first kappa shape index (κ1) is 27.3. The van der Waals surface area contributed by atoms with Crippen LogP contribution in [0.5, 0.6) is 0 Å². The quantitative estimate of drug-likeness (QED) is 0.235. The number of methoxy groups -OCH3 is 1. The molecule has 3 rings (SSSR count). The van der Waals surface area contributed by atoms with Gasteiger partial charge in [0, 0.05) is 31.6 Å². The van der Waals surface area contributed by atoms with Crippen molar-refractivity contribution in [2.75, 3.05) is 20.2 Å². The molecule has 1 aliphatic rings. The summed E-state index contributed by atoms with van der Waals surface area (Å²) < 4.78 is 34.1. The summed E-state index contributed by atoms with van der Waals surface area (Å²) in [6.07, 6.45) is 4.05. The number of aliphatic hydroxyl groups excluding tert-OH is 1. The summed E-state index contributed by atoms with van der Waals surface area (Å²) in [5.74, 6) is -3.69. The molecule has 2 atom stereocenters. The van der Waals surface area contributed by atoms with Crippen LogP contribution in [0.25, 0.3) is 0 Å². The van der Waals surface area contributed by atoms with Crippen molar-refractivity contribution in [1.82, 2.24) is 9.80 Å². The zero-order valence-corrected chi connectivity index (χ0v) is 20.6. The van der Waals surface area contributed by atoms with Crippen LogP contribution in [0.2, 0.25) is 0 Å². The molecule has 1 N–H and O–H groups in total. The minimum absolute atomic E-state index is 0.160. The third kappa shape index (κ3) is 7.37. The molecule has 8 heteroatoms. The van der Waals surface area contributed by atoms with Gasteiger partial charge in [-0.2, -0.15) is 8.78 Å². The van der Waals surface area contributed by atoms with Gasteiger partial charge >= 0.3 is 17.9 Å². The number of unbranched alkanes of at least 4 members (excludes halogenated alkanes) is 3. The van der Waals surface area contributed by atoms with Crippen molar-refractivity contribution in [3.8, 4) is 0 Å². The number of ether oxygens (including phenoxy) is 1. The SMILES string of the molecule is COC(=O)CCCCCCN1C(=O)N(Cc2ccccc2)C[C@@H]1/C=C/C(O)C(F)(F)c1ccccc1. The molecule has 2 aromatic carbocycles. The van der Waals surface area contributed by atoms with Crippen LogP contribution in [0.4, 0.5) is 13.6 Å². The zero-order valence-electron chi connectivity index (χ0n) is 20.6. The molecule has 0 saturated carbocycles. The van der Waals surface area contributed by atoms with Crippen LogP contribution in [-0.4, -0.2) is 59.3 Å². The van der Waals surface area contributed by atoms with Crippen molar-refractivity contribution in [2.45, 2.75) is 56.7 Å². The zero-order chi connectivity index (χ0) is 26.0. The molecular formula is C28H34F2N2O4. The molecule has 1 aliphatic heterocycles. The van der Waals surface area contributed by atoms with Gasteiger partial charge in [-0.1, -0.05) is 85.7 Å². The Bertz CT molecular complexity index is 1000. The molecule has 2 amide bonds. The van der Waals surface area contributed by atoms with Gasteiger partial charge in [-0.15, -0.1) is 0 Å². The Morgan fingerprint density at radius 2 is 1.72 bits per heavy atom. The number of hydrogen-bond donors (Lipinski definition) is 1. The summed E-state index contributed by atoms with van der Waals surface area (Å²) in [7, 11) is 1.36. The number of aliphatic hydroxyl groups is 1. The second kappa shape index (κ2) is 13.2. The first-order valence-electron chi connectivity index (χ1n) is 12.3. The molecule has 194 valence electrons. The van der Waals surface area contributed by atoms with Crippen molar-refractivity contribution in [1.29, 1.82) is 0 Å². The van der Waals surface area contributed by atoms with Crippen molar-refractivity contribution in [3.63, 3.8) is 0 Å². The van der Waals surface area contributed by atoms with Crippen molar-refractivity contribution in [3.05, 3.63) is 83.9 Å². The fraction of sp³-hybridized carbons (Fsp3) is 0.429. The van der Waals surface area contributed by atoms with Gasteiger partial charge in [0.2, 0.25) is 0 Å². The number of carbonyl (C=O) groups is 2. The van der Waals surface area contributed by atoms with Crippen molar-refractivity contribution in [2.24, 2.45) is 0 Å². The minimum atomic E-state index is -3.45. The normalized spacial score (nSPS) is 17.1. The highest BCUT2D eigenvalue weighted by Crippen LogP contribution is 2.32. The molecule has 0 aliphatic carbocycles. The average molecular weight is 501 g/mol. The van der Waals surface area contributed by atoms with Crippen LogP contribution in [-0.2, 0) is 22.0 Å². The molecule has 0 radical (unpaired) electrons. The number of carbonyl (C=O) groups excluding carboxylic acids is 2. The fourth-order valence-corrected chi connectivity index (χ4v) is 4.28. The summed E-state index contributed by atoms with van der Waals surface area (Å²) in [6, 6.07) is 16.2. The van der Waals surface area contributed by atoms with Gasteiger partial charge in [0.05, 0.1) is 13.2 Å². The number of amides is 2. The molecule has 0 aromatic heterocycles. The van der Waals surface area contributed by atoms with Crippen molar-refractivity contribution >= 4 is 12.0 Å². The maximum absolute atomic E-state index is 14.7. The van der Waals surface area contributed by atoms with E-state index >= 15 is 0 Å². The van der Waals surface area contributed by atoms with E-state index in [1.165, 1.54) is 37.5 Å². The summed E-state index contributed by atoms with van der Waals surface area (Å²) in [5.41, 5.74) is 0.716. The Morgan fingerprint density at radius 3 is 2.39 bits per heavy atom. The van der Waals surface area contributed by atoms with E-state index in [0.717, 1.165) is 30.9 Å². The molecule has 0 spiro atoms. The van der Waals surface area contributed by atoms with E-state index in [1.54, 1.807) is 15.9 Å². The third-order valence-electron chi connectivity index (χ3n) is 6.34. The first-order chi connectivity index (χ1) is 17.3. The highest BCUT2D eigenvalue weighted by atomic mass is 19.3. The average Bonchev–Trinajstić information content (AvgIpc) is 3.19. The Balaban J connectivity index is 1.65. The van der Waals surface area contributed by atoms with E-state index < -0.39 is 18.1 Å². The van der Waals surface area contributed by atoms with E-state index in [0.29, 0.717) is 32.5 Å². The lowest BCUT2D eigenvalue weighted by Gasteiger charge is -2.23. The number of urea groups is 1. The predicted octanol–water partition coefficient (Wildman–Crippen LogP) is 5.13. The van der Waals surface area contributed by atoms with Crippen LogP contribution in [0.3, 0.4) is 0 Å². The number of rotatable bonds is 13. The van der Waals surface area contributed by atoms with E-state index in [2.05, 4.69) is 4.74 Å². The molecular weight excluding hydrogens is 466 g/mol. The summed E-state index contributed by atoms with van der Waals surface area (Å²) in [5, 5.41) is 10.3. The summed E-state index contributed by atoms with van der Waals surface area (Å²) >= 11 is 0. The van der Waals surface area contributed by atoms with Gasteiger partial charge in [-0.3, -0.25) is 4.79 Å². The van der Waals surface area contributed by atoms with Gasteiger partial charge < -0.3 is 19.6 Å². The Hall–Kier alpha value is -3.26. The number of benzene rings is 2. The highest BCUT2D eigenvalue weighted by Gasteiger charge is 2.40. The van der Waals surface area contributed by atoms with Gasteiger partial charge in [0.1, 0.15) is 6.10 Å². The molecule has 1 saturated heterocycles. The number of halogens is 2. The second-order valence-electron chi connectivity index (χ2n) is 8.97. The minimum Gasteiger partial charge on any atom is -0.469 e. The highest BCUT2D eigenvalue weighted by molar-refractivity contribution is 5.77. The lowest BCUT2D eigenvalue weighted by Crippen LogP contribution is -2.35. The molecule has 1 fully saturated rings. The molecule has 0 bridgehead atoms. The van der Waals surface area contributed by atoms with Crippen LogP contribution < -0.4 is 0 Å². The van der Waals surface area contributed by atoms with Gasteiger partial charge in [-0.05, 0) is 18.4 Å². The fourth-order valence-electron chi connectivity index (χ4n) is 4.28. The van der Waals surface area contributed by atoms with E-state index in [4.69, 9.17) is 0 Å². The maximum Gasteiger partial charge on any atom is 0.320 e. The maximum atomic E-state index is 14.7. The lowest BCUT2D eigenvalue weighted by molar-refractivity contribution is -0.140. The number of nitrogens with zero attached hydrogens (tertiary/aromatic N) is 2. The van der Waals surface area contributed by atoms with Gasteiger partial charge in [-0.25, -0.2) is 4.79 Å². The van der Waals surface area contributed by atoms with E-state index in [9.17, 15) is 23.5 Å². The molecule has 2 aromatic rings. The smallest absolute Gasteiger partial charge is 0.320 e. The molecule has 36 heavy (non-hydrogen) atoms. The Kier molecular flexibility index (Phi) is 9.99. The van der Waals surface area contributed by atoms with Crippen molar-refractivity contribution < 1.29 is 28.2 Å². The van der Waals surface area contributed by atoms with Gasteiger partial charge in [0.15, 0.2) is 0 Å². The summed E-state index contributed by atoms with van der Waals surface area (Å²) in [6.45, 7) is 1.22. The third-order valence-corrected chi connectivity index (χ3v) is 6.34. The Morgan fingerprint density at radius 1 is 1.08 bits per heavy atom. The standard InChI is InChI=1S/C28H34F2N2O4/c1-36-26(34)16-10-2-3-11-19-32-24(21-31(27(32)35)20-22-12-6-4-7-13-22)17-18-25(33)28(29,30)23-14-8-5-9-15-23/h4-9,12-15,17-18,24-25,33H,2-3,10-11,16,19-21H2,1H3/b18-17+/t24-,25?/m0/s1. The monoisotopic (exact) mass is 500 g/mol. The predicted molar refractivity (Wildman–Crippen MR) is 133 cm³/mol. The molecule has 1 heterocycles. The molecule has 6 nitrogen and oxygen atoms in total. The Labute approximate surface area is 211 Å². The first-order valence-corrected chi connectivity index (χ1v) is 12.3. The summed E-state index contributed by atoms with van der Waals surface area (Å²) in [4.78, 5) is 27.8. The van der Waals surface area contributed by atoms with Crippen LogP contribution in [0, 0.1) is 0 Å². The molecule has 1 unspecified atom stereocenters. The van der Waals surface area contributed by atoms with E-state index in [1.807, 2.05) is 30.3 Å². The van der Waals surface area contributed by atoms with Gasteiger partial charge in [0.25, 0.3) is 0 Å². The number of esters is 1. The number of hydrogen-bond acceptors (Lipinski definition) is 4. The van der Waals surface area contributed by atoms with E-state index in [-0.39, 0.29) is 17.6 Å². The van der Waals surface area contributed by atoms with Crippen LogP contribution in [0.15, 0.2) is 72.8 Å². The largest absolute Gasteiger partial charge is 0.469 e. The number of alkyl halides is 2.